The molecule has 37 heavy (non-hydrogen) atoms. The number of aromatic nitrogens is 2. The van der Waals surface area contributed by atoms with Gasteiger partial charge in [0.2, 0.25) is 5.91 Å². The molecule has 0 spiro atoms. The van der Waals surface area contributed by atoms with E-state index in [0.29, 0.717) is 11.9 Å². The third-order valence-electron chi connectivity index (χ3n) is 6.68. The molecule has 5 rings (SSSR count). The number of hydrogen-bond acceptors (Lipinski definition) is 7. The van der Waals surface area contributed by atoms with Gasteiger partial charge in [-0.1, -0.05) is 18.2 Å². The predicted molar refractivity (Wildman–Crippen MR) is 135 cm³/mol. The van der Waals surface area contributed by atoms with Crippen molar-refractivity contribution in [3.63, 3.8) is 0 Å². The van der Waals surface area contributed by atoms with Gasteiger partial charge in [-0.2, -0.15) is 18.3 Å². The number of thioether (sulfide) groups is 1. The first-order chi connectivity index (χ1) is 17.6. The fraction of sp³-hybridized carbons (Fsp3) is 0.542. The fourth-order valence-electron chi connectivity index (χ4n) is 4.78. The number of halogens is 3. The van der Waals surface area contributed by atoms with Gasteiger partial charge in [0, 0.05) is 57.1 Å². The lowest BCUT2D eigenvalue weighted by Crippen LogP contribution is -2.51. The van der Waals surface area contributed by atoms with Crippen molar-refractivity contribution in [1.29, 1.82) is 0 Å². The van der Waals surface area contributed by atoms with Gasteiger partial charge in [0.05, 0.1) is 23.3 Å². The fourth-order valence-corrected chi connectivity index (χ4v) is 5.73. The van der Waals surface area contributed by atoms with Gasteiger partial charge in [0.1, 0.15) is 5.82 Å². The minimum atomic E-state index is -5.08. The van der Waals surface area contributed by atoms with E-state index < -0.39 is 12.1 Å². The molecule has 2 N–H and O–H groups in total. The molecule has 3 aliphatic heterocycles. The van der Waals surface area contributed by atoms with Gasteiger partial charge in [-0.15, -0.1) is 11.8 Å². The van der Waals surface area contributed by atoms with E-state index in [1.807, 2.05) is 22.7 Å². The summed E-state index contributed by atoms with van der Waals surface area (Å²) in [4.78, 5) is 28.6. The van der Waals surface area contributed by atoms with Gasteiger partial charge < -0.3 is 20.2 Å². The Bertz CT molecular complexity index is 1070. The largest absolute Gasteiger partial charge is 0.490 e. The molecule has 2 aromatic rings. The second-order valence-corrected chi connectivity index (χ2v) is 10.3. The highest BCUT2D eigenvalue weighted by Gasteiger charge is 2.38. The first-order valence-corrected chi connectivity index (χ1v) is 13.3. The molecule has 9 nitrogen and oxygen atoms in total. The number of carbonyl (C=O) groups is 2. The maximum atomic E-state index is 12.7. The van der Waals surface area contributed by atoms with Crippen molar-refractivity contribution in [1.82, 2.24) is 24.9 Å². The van der Waals surface area contributed by atoms with Crippen molar-refractivity contribution >= 4 is 29.5 Å². The molecule has 1 amide bonds. The summed E-state index contributed by atoms with van der Waals surface area (Å²) < 4.78 is 33.8. The molecule has 1 aromatic heterocycles. The van der Waals surface area contributed by atoms with Gasteiger partial charge in [-0.3, -0.25) is 9.69 Å². The molecule has 0 unspecified atom stereocenters. The molecule has 0 radical (unpaired) electrons. The molecule has 202 valence electrons. The average Bonchev–Trinajstić information content (AvgIpc) is 3.65. The standard InChI is InChI=1S/C22H30N6OS.C2HF3O2/c1-17-13-21(28(24-17)18-5-3-2-4-6-18)26-9-7-25(8-10-26)19-14-20(23-15-19)22(29)27-11-12-30-16-27;3-2(4,5)1(6)7/h2-6,13,19-20,23H,7-12,14-16H2,1H3;(H,6,7)/t19-,20-;/m1./s1. The van der Waals surface area contributed by atoms with Crippen LogP contribution in [0.4, 0.5) is 19.0 Å². The van der Waals surface area contributed by atoms with Crippen LogP contribution in [0.25, 0.3) is 5.69 Å². The number of rotatable bonds is 4. The summed E-state index contributed by atoms with van der Waals surface area (Å²) in [6, 6.07) is 13.0. The maximum Gasteiger partial charge on any atom is 0.490 e. The third-order valence-corrected chi connectivity index (χ3v) is 7.65. The molecule has 2 atom stereocenters. The Morgan fingerprint density at radius 2 is 1.78 bits per heavy atom. The quantitative estimate of drug-likeness (QED) is 0.610. The second-order valence-electron chi connectivity index (χ2n) is 9.21. The van der Waals surface area contributed by atoms with Crippen LogP contribution in [0, 0.1) is 6.92 Å². The van der Waals surface area contributed by atoms with E-state index in [4.69, 9.17) is 15.0 Å². The van der Waals surface area contributed by atoms with Crippen LogP contribution in [-0.2, 0) is 9.59 Å². The number of hydrogen-bond donors (Lipinski definition) is 2. The van der Waals surface area contributed by atoms with Crippen LogP contribution in [-0.4, -0.2) is 106 Å². The van der Waals surface area contributed by atoms with Gasteiger partial charge >= 0.3 is 12.1 Å². The topological polar surface area (TPSA) is 93.9 Å². The molecule has 4 heterocycles. The number of carboxylic acids is 1. The smallest absolute Gasteiger partial charge is 0.475 e. The van der Waals surface area contributed by atoms with Crippen LogP contribution < -0.4 is 10.2 Å². The lowest BCUT2D eigenvalue weighted by Gasteiger charge is -2.38. The van der Waals surface area contributed by atoms with Crippen molar-refractivity contribution in [2.45, 2.75) is 31.6 Å². The summed E-state index contributed by atoms with van der Waals surface area (Å²) in [6.45, 7) is 7.88. The number of carbonyl (C=O) groups excluding carboxylic acids is 1. The summed E-state index contributed by atoms with van der Waals surface area (Å²) >= 11 is 1.85. The van der Waals surface area contributed by atoms with Crippen LogP contribution in [0.15, 0.2) is 36.4 Å². The number of para-hydroxylation sites is 1. The van der Waals surface area contributed by atoms with Gasteiger partial charge in [-0.05, 0) is 25.5 Å². The van der Waals surface area contributed by atoms with E-state index in [9.17, 15) is 18.0 Å². The minimum Gasteiger partial charge on any atom is -0.475 e. The van der Waals surface area contributed by atoms with Crippen molar-refractivity contribution in [3.05, 3.63) is 42.1 Å². The van der Waals surface area contributed by atoms with Crippen LogP contribution in [0.1, 0.15) is 12.1 Å². The number of benzene rings is 1. The number of nitrogens with one attached hydrogen (secondary N) is 1. The van der Waals surface area contributed by atoms with Crippen molar-refractivity contribution in [2.75, 3.05) is 55.8 Å². The number of carboxylic acid groups (broad SMARTS) is 1. The number of aryl methyl sites for hydroxylation is 1. The Kier molecular flexibility index (Phi) is 8.65. The highest BCUT2D eigenvalue weighted by atomic mass is 32.2. The van der Waals surface area contributed by atoms with Crippen LogP contribution in [0.3, 0.4) is 0 Å². The van der Waals surface area contributed by atoms with E-state index in [0.717, 1.165) is 68.7 Å². The van der Waals surface area contributed by atoms with Crippen LogP contribution in [0.2, 0.25) is 0 Å². The highest BCUT2D eigenvalue weighted by molar-refractivity contribution is 7.99. The normalized spacial score (nSPS) is 22.6. The van der Waals surface area contributed by atoms with E-state index >= 15 is 0 Å². The van der Waals surface area contributed by atoms with E-state index in [1.54, 1.807) is 0 Å². The van der Waals surface area contributed by atoms with Crippen LogP contribution >= 0.6 is 11.8 Å². The molecule has 3 aliphatic rings. The molecular formula is C24H31F3N6O3S. The Balaban J connectivity index is 0.000000405. The van der Waals surface area contributed by atoms with Gasteiger partial charge in [-0.25, -0.2) is 9.48 Å². The number of alkyl halides is 3. The lowest BCUT2D eigenvalue weighted by atomic mass is 10.1. The molecule has 3 fully saturated rings. The molecule has 13 heteroatoms. The van der Waals surface area contributed by atoms with Crippen molar-refractivity contribution in [2.24, 2.45) is 0 Å². The highest BCUT2D eigenvalue weighted by Crippen LogP contribution is 2.25. The maximum absolute atomic E-state index is 12.7. The third kappa shape index (κ3) is 6.76. The van der Waals surface area contributed by atoms with Crippen molar-refractivity contribution in [3.8, 4) is 5.69 Å². The monoisotopic (exact) mass is 540 g/mol. The number of aliphatic carboxylic acids is 1. The Morgan fingerprint density at radius 3 is 2.38 bits per heavy atom. The molecule has 0 saturated carbocycles. The Labute approximate surface area is 217 Å². The summed E-state index contributed by atoms with van der Waals surface area (Å²) in [5, 5.41) is 15.3. The molecule has 0 aliphatic carbocycles. The Morgan fingerprint density at radius 1 is 1.11 bits per heavy atom. The number of anilines is 1. The predicted octanol–water partition coefficient (Wildman–Crippen LogP) is 2.20. The summed E-state index contributed by atoms with van der Waals surface area (Å²) in [6.07, 6.45) is -4.15. The first-order valence-electron chi connectivity index (χ1n) is 12.1. The van der Waals surface area contributed by atoms with Crippen LogP contribution in [0.5, 0.6) is 0 Å². The Hall–Kier alpha value is -2.77. The molecular weight excluding hydrogens is 509 g/mol. The second kappa shape index (κ2) is 11.7. The minimum absolute atomic E-state index is 0.00566. The number of nitrogens with zero attached hydrogens (tertiary/aromatic N) is 5. The zero-order valence-electron chi connectivity index (χ0n) is 20.5. The molecule has 3 saturated heterocycles. The molecule has 1 aromatic carbocycles. The average molecular weight is 541 g/mol. The van der Waals surface area contributed by atoms with Crippen molar-refractivity contribution < 1.29 is 27.9 Å². The summed E-state index contributed by atoms with van der Waals surface area (Å²) in [7, 11) is 0. The SMILES string of the molecule is Cc1cc(N2CCN([C@H]3CN[C@@H](C(=O)N4CCSC4)C3)CC2)n(-c2ccccc2)n1.O=C(O)C(F)(F)F. The lowest BCUT2D eigenvalue weighted by molar-refractivity contribution is -0.192. The van der Waals surface area contributed by atoms with Gasteiger partial charge in [0.25, 0.3) is 0 Å². The van der Waals surface area contributed by atoms with E-state index in [2.05, 4.69) is 57.1 Å². The zero-order valence-corrected chi connectivity index (χ0v) is 21.3. The van der Waals surface area contributed by atoms with E-state index in [1.165, 1.54) is 5.82 Å². The zero-order chi connectivity index (χ0) is 26.6. The summed E-state index contributed by atoms with van der Waals surface area (Å²) in [5.41, 5.74) is 2.14. The van der Waals surface area contributed by atoms with E-state index in [-0.39, 0.29) is 6.04 Å². The van der Waals surface area contributed by atoms with Gasteiger partial charge in [0.15, 0.2) is 0 Å². The summed E-state index contributed by atoms with van der Waals surface area (Å²) in [5.74, 6) is 0.635. The number of amides is 1. The number of piperazine rings is 1. The molecule has 0 bridgehead atoms. The first kappa shape index (κ1) is 27.3.